The molecule has 0 spiro atoms. The summed E-state index contributed by atoms with van der Waals surface area (Å²) in [6.07, 6.45) is 0.778. The van der Waals surface area contributed by atoms with E-state index in [0.717, 1.165) is 30.7 Å². The SMILES string of the molecule is CCCNc1ccc(S(N)(=O)=O)cc1NS(=O)(=O)c1ccc(F)cc1C. The number of sulfonamides is 2. The van der Waals surface area contributed by atoms with Gasteiger partial charge in [-0.25, -0.2) is 26.4 Å². The molecule has 4 N–H and O–H groups in total. The third-order valence-electron chi connectivity index (χ3n) is 3.56. The third kappa shape index (κ3) is 4.71. The Kier molecular flexibility index (Phi) is 5.89. The zero-order valence-corrected chi connectivity index (χ0v) is 15.9. The Labute approximate surface area is 152 Å². The molecule has 142 valence electrons. The molecule has 26 heavy (non-hydrogen) atoms. The van der Waals surface area contributed by atoms with E-state index in [1.54, 1.807) is 0 Å². The molecule has 7 nitrogen and oxygen atoms in total. The molecule has 2 aromatic rings. The second-order valence-electron chi connectivity index (χ2n) is 5.69. The van der Waals surface area contributed by atoms with Crippen LogP contribution in [-0.4, -0.2) is 23.4 Å². The van der Waals surface area contributed by atoms with Crippen LogP contribution in [0.15, 0.2) is 46.2 Å². The molecule has 0 fully saturated rings. The van der Waals surface area contributed by atoms with Crippen LogP contribution in [0.3, 0.4) is 0 Å². The van der Waals surface area contributed by atoms with Crippen molar-refractivity contribution in [2.75, 3.05) is 16.6 Å². The van der Waals surface area contributed by atoms with E-state index >= 15 is 0 Å². The number of aryl methyl sites for hydroxylation is 1. The van der Waals surface area contributed by atoms with Gasteiger partial charge in [-0.15, -0.1) is 0 Å². The lowest BCUT2D eigenvalue weighted by Gasteiger charge is -2.16. The van der Waals surface area contributed by atoms with E-state index in [2.05, 4.69) is 10.0 Å². The van der Waals surface area contributed by atoms with Crippen molar-refractivity contribution in [2.45, 2.75) is 30.1 Å². The number of nitrogens with two attached hydrogens (primary N) is 1. The van der Waals surface area contributed by atoms with E-state index < -0.39 is 25.9 Å². The van der Waals surface area contributed by atoms with Gasteiger partial charge in [0.05, 0.1) is 21.2 Å². The summed E-state index contributed by atoms with van der Waals surface area (Å²) < 4.78 is 64.1. The Morgan fingerprint density at radius 2 is 1.73 bits per heavy atom. The maximum atomic E-state index is 13.2. The highest BCUT2D eigenvalue weighted by atomic mass is 32.2. The summed E-state index contributed by atoms with van der Waals surface area (Å²) in [7, 11) is -8.07. The van der Waals surface area contributed by atoms with E-state index in [1.165, 1.54) is 19.1 Å². The van der Waals surface area contributed by atoms with Crippen LogP contribution >= 0.6 is 0 Å². The highest BCUT2D eigenvalue weighted by Crippen LogP contribution is 2.28. The number of rotatable bonds is 7. The van der Waals surface area contributed by atoms with Crippen molar-refractivity contribution >= 4 is 31.4 Å². The van der Waals surface area contributed by atoms with Crippen LogP contribution in [0.4, 0.5) is 15.8 Å². The molecule has 10 heteroatoms. The van der Waals surface area contributed by atoms with Gasteiger partial charge in [0.2, 0.25) is 10.0 Å². The second kappa shape index (κ2) is 7.60. The van der Waals surface area contributed by atoms with E-state index in [9.17, 15) is 21.2 Å². The highest BCUT2D eigenvalue weighted by molar-refractivity contribution is 7.92. The van der Waals surface area contributed by atoms with Gasteiger partial charge in [-0.1, -0.05) is 6.92 Å². The van der Waals surface area contributed by atoms with Crippen LogP contribution in [0.1, 0.15) is 18.9 Å². The summed E-state index contributed by atoms with van der Waals surface area (Å²) in [4.78, 5) is -0.338. The van der Waals surface area contributed by atoms with Gasteiger partial charge in [0.15, 0.2) is 0 Å². The average molecular weight is 401 g/mol. The quantitative estimate of drug-likeness (QED) is 0.658. The normalized spacial score (nSPS) is 12.0. The minimum Gasteiger partial charge on any atom is -0.383 e. The topological polar surface area (TPSA) is 118 Å². The number of primary sulfonamides is 1. The van der Waals surface area contributed by atoms with E-state index in [4.69, 9.17) is 5.14 Å². The molecule has 0 bridgehead atoms. The lowest BCUT2D eigenvalue weighted by atomic mass is 10.2. The molecule has 0 amide bonds. The lowest BCUT2D eigenvalue weighted by molar-refractivity contribution is 0.595. The molecule has 0 unspecified atom stereocenters. The number of benzene rings is 2. The highest BCUT2D eigenvalue weighted by Gasteiger charge is 2.20. The Morgan fingerprint density at radius 3 is 2.31 bits per heavy atom. The van der Waals surface area contributed by atoms with Gasteiger partial charge in [-0.2, -0.15) is 0 Å². The van der Waals surface area contributed by atoms with Crippen molar-refractivity contribution < 1.29 is 21.2 Å². The second-order valence-corrected chi connectivity index (χ2v) is 8.91. The molecule has 0 aliphatic carbocycles. The van der Waals surface area contributed by atoms with E-state index in [1.807, 2.05) is 6.92 Å². The van der Waals surface area contributed by atoms with E-state index in [-0.39, 0.29) is 21.0 Å². The third-order valence-corrected chi connectivity index (χ3v) is 5.99. The fourth-order valence-corrected chi connectivity index (χ4v) is 4.15. The molecule has 0 radical (unpaired) electrons. The minimum absolute atomic E-state index is 0.0358. The monoisotopic (exact) mass is 401 g/mol. The summed E-state index contributed by atoms with van der Waals surface area (Å²) in [5, 5.41) is 8.14. The first-order valence-electron chi connectivity index (χ1n) is 7.74. The van der Waals surface area contributed by atoms with Gasteiger partial charge < -0.3 is 5.32 Å². The molecule has 0 aromatic heterocycles. The molecular weight excluding hydrogens is 381 g/mol. The summed E-state index contributed by atoms with van der Waals surface area (Å²) in [6, 6.07) is 7.16. The fourth-order valence-electron chi connectivity index (χ4n) is 2.31. The standard InChI is InChI=1S/C16H20FN3O4S2/c1-3-8-19-14-6-5-13(25(18,21)22)10-15(14)20-26(23,24)16-7-4-12(17)9-11(16)2/h4-7,9-10,19-20H,3,8H2,1-2H3,(H2,18,21,22). The maximum Gasteiger partial charge on any atom is 0.262 e. The lowest BCUT2D eigenvalue weighted by Crippen LogP contribution is -2.18. The Hall–Kier alpha value is -2.17. The number of hydrogen-bond donors (Lipinski definition) is 3. The molecule has 0 aliphatic heterocycles. The number of nitrogens with one attached hydrogen (secondary N) is 2. The van der Waals surface area contributed by atoms with Crippen molar-refractivity contribution in [1.82, 2.24) is 0 Å². The Morgan fingerprint density at radius 1 is 1.04 bits per heavy atom. The molecule has 0 heterocycles. The maximum absolute atomic E-state index is 13.2. The summed E-state index contributed by atoms with van der Waals surface area (Å²) in [6.45, 7) is 3.95. The molecule has 2 aromatic carbocycles. The zero-order chi connectivity index (χ0) is 19.5. The van der Waals surface area contributed by atoms with Gasteiger partial charge in [0.25, 0.3) is 10.0 Å². The molecule has 0 aliphatic rings. The van der Waals surface area contributed by atoms with Crippen LogP contribution in [0.5, 0.6) is 0 Å². The number of halogens is 1. The summed E-state index contributed by atoms with van der Waals surface area (Å²) >= 11 is 0. The zero-order valence-electron chi connectivity index (χ0n) is 14.3. The van der Waals surface area contributed by atoms with Gasteiger partial charge in [0, 0.05) is 6.54 Å². The first-order chi connectivity index (χ1) is 12.0. The predicted molar refractivity (Wildman–Crippen MR) is 98.5 cm³/mol. The van der Waals surface area contributed by atoms with Crippen molar-refractivity contribution in [3.8, 4) is 0 Å². The fraction of sp³-hybridized carbons (Fsp3) is 0.250. The Balaban J connectivity index is 2.51. The van der Waals surface area contributed by atoms with Crippen LogP contribution in [0.25, 0.3) is 0 Å². The first-order valence-corrected chi connectivity index (χ1v) is 10.8. The average Bonchev–Trinajstić information content (AvgIpc) is 2.52. The van der Waals surface area contributed by atoms with Crippen molar-refractivity contribution in [3.63, 3.8) is 0 Å². The van der Waals surface area contributed by atoms with Crippen molar-refractivity contribution in [2.24, 2.45) is 5.14 Å². The molecular formula is C16H20FN3O4S2. The molecule has 0 saturated carbocycles. The van der Waals surface area contributed by atoms with Gasteiger partial charge >= 0.3 is 0 Å². The van der Waals surface area contributed by atoms with Crippen molar-refractivity contribution in [1.29, 1.82) is 0 Å². The van der Waals surface area contributed by atoms with E-state index in [0.29, 0.717) is 12.2 Å². The first kappa shape index (κ1) is 20.1. The minimum atomic E-state index is -4.06. The van der Waals surface area contributed by atoms with Gasteiger partial charge in [-0.05, 0) is 55.3 Å². The molecule has 2 rings (SSSR count). The van der Waals surface area contributed by atoms with Crippen LogP contribution in [0, 0.1) is 12.7 Å². The van der Waals surface area contributed by atoms with Crippen LogP contribution in [0.2, 0.25) is 0 Å². The predicted octanol–water partition coefficient (Wildman–Crippen LogP) is 2.40. The van der Waals surface area contributed by atoms with Crippen LogP contribution < -0.4 is 15.2 Å². The van der Waals surface area contributed by atoms with Crippen molar-refractivity contribution in [3.05, 3.63) is 47.8 Å². The molecule has 0 atom stereocenters. The summed E-state index contributed by atoms with van der Waals surface area (Å²) in [5.74, 6) is -0.553. The smallest absolute Gasteiger partial charge is 0.262 e. The Bertz CT molecular complexity index is 1020. The van der Waals surface area contributed by atoms with Gasteiger partial charge in [0.1, 0.15) is 5.82 Å². The largest absolute Gasteiger partial charge is 0.383 e. The molecule has 0 saturated heterocycles. The number of hydrogen-bond acceptors (Lipinski definition) is 5. The van der Waals surface area contributed by atoms with Crippen LogP contribution in [-0.2, 0) is 20.0 Å². The summed E-state index contributed by atoms with van der Waals surface area (Å²) in [5.41, 5.74) is 0.666. The van der Waals surface area contributed by atoms with Gasteiger partial charge in [-0.3, -0.25) is 4.72 Å². The number of anilines is 2.